The van der Waals surface area contributed by atoms with Crippen LogP contribution in [0.4, 0.5) is 0 Å². The first-order valence-electron chi connectivity index (χ1n) is 10.4. The molecule has 0 unspecified atom stereocenters. The number of hydrogen-bond donors (Lipinski definition) is 2. The Morgan fingerprint density at radius 3 is 2.37 bits per heavy atom. The second-order valence-electron chi connectivity index (χ2n) is 7.09. The van der Waals surface area contributed by atoms with Crippen molar-refractivity contribution >= 4 is 50.0 Å². The molecule has 0 atom stereocenters. The molecule has 3 rings (SSSR count). The van der Waals surface area contributed by atoms with Gasteiger partial charge < -0.3 is 19.3 Å². The van der Waals surface area contributed by atoms with Gasteiger partial charge in [-0.05, 0) is 70.9 Å². The van der Waals surface area contributed by atoms with Crippen molar-refractivity contribution in [2.24, 2.45) is 5.10 Å². The van der Waals surface area contributed by atoms with Crippen molar-refractivity contribution in [2.45, 2.75) is 13.5 Å². The van der Waals surface area contributed by atoms with Crippen LogP contribution in [0.1, 0.15) is 38.8 Å². The summed E-state index contributed by atoms with van der Waals surface area (Å²) in [5, 5.41) is 13.1. The molecule has 0 spiro atoms. The van der Waals surface area contributed by atoms with Crippen LogP contribution >= 0.6 is 31.9 Å². The molecule has 10 heteroatoms. The third kappa shape index (κ3) is 7.06. The lowest BCUT2D eigenvalue weighted by molar-refractivity contribution is 0.0696. The zero-order chi connectivity index (χ0) is 25.4. The van der Waals surface area contributed by atoms with Crippen molar-refractivity contribution in [2.75, 3.05) is 13.7 Å². The lowest BCUT2D eigenvalue weighted by Gasteiger charge is -2.12. The number of carbonyl (C=O) groups excluding carboxylic acids is 1. The van der Waals surface area contributed by atoms with E-state index in [1.165, 1.54) is 25.5 Å². The number of nitrogens with one attached hydrogen (secondary N) is 1. The van der Waals surface area contributed by atoms with E-state index in [0.717, 1.165) is 10.0 Å². The van der Waals surface area contributed by atoms with Gasteiger partial charge in [0.05, 0.1) is 30.0 Å². The van der Waals surface area contributed by atoms with Gasteiger partial charge in [-0.25, -0.2) is 10.2 Å². The van der Waals surface area contributed by atoms with Gasteiger partial charge in [-0.3, -0.25) is 4.79 Å². The zero-order valence-corrected chi connectivity index (χ0v) is 22.1. The molecule has 0 fully saturated rings. The third-order valence-electron chi connectivity index (χ3n) is 4.72. The highest BCUT2D eigenvalue weighted by Gasteiger charge is 2.12. The number of ether oxygens (including phenoxy) is 3. The van der Waals surface area contributed by atoms with Crippen LogP contribution in [-0.4, -0.2) is 36.9 Å². The number of halogens is 2. The van der Waals surface area contributed by atoms with Gasteiger partial charge in [0.2, 0.25) is 0 Å². The lowest BCUT2D eigenvalue weighted by atomic mass is 10.1. The third-order valence-corrected chi connectivity index (χ3v) is 5.76. The largest absolute Gasteiger partial charge is 0.493 e. The molecule has 8 nitrogen and oxygen atoms in total. The number of carboxylic acid groups (broad SMARTS) is 1. The van der Waals surface area contributed by atoms with Crippen LogP contribution in [-0.2, 0) is 6.61 Å². The molecular weight excluding hydrogens is 584 g/mol. The van der Waals surface area contributed by atoms with Crippen LogP contribution in [0.2, 0.25) is 0 Å². The highest BCUT2D eigenvalue weighted by Crippen LogP contribution is 2.33. The standard InChI is InChI=1S/C25H22Br2N2O6/c1-3-34-21-9-8-17(11-22(21)33-2)24(30)29-28-13-18-10-19(26)12-20(27)23(18)35-14-15-4-6-16(7-5-15)25(31)32/h4-13H,3,14H2,1-2H3,(H,29,30)(H,31,32)/b28-13+. The monoisotopic (exact) mass is 604 g/mol. The minimum Gasteiger partial charge on any atom is -0.493 e. The highest BCUT2D eigenvalue weighted by molar-refractivity contribution is 9.11. The normalized spacial score (nSPS) is 10.7. The van der Waals surface area contributed by atoms with Gasteiger partial charge in [-0.2, -0.15) is 5.10 Å². The molecule has 0 saturated carbocycles. The van der Waals surface area contributed by atoms with Gasteiger partial charge >= 0.3 is 5.97 Å². The average Bonchev–Trinajstić information content (AvgIpc) is 2.84. The molecule has 3 aromatic carbocycles. The first-order valence-corrected chi connectivity index (χ1v) is 12.0. The highest BCUT2D eigenvalue weighted by atomic mass is 79.9. The Balaban J connectivity index is 1.73. The summed E-state index contributed by atoms with van der Waals surface area (Å²) in [4.78, 5) is 23.6. The number of methoxy groups -OCH3 is 1. The Morgan fingerprint density at radius 2 is 1.71 bits per heavy atom. The van der Waals surface area contributed by atoms with E-state index < -0.39 is 11.9 Å². The number of nitrogens with zero attached hydrogens (tertiary/aromatic N) is 1. The summed E-state index contributed by atoms with van der Waals surface area (Å²) in [6.45, 7) is 2.55. The Kier molecular flexibility index (Phi) is 9.27. The van der Waals surface area contributed by atoms with E-state index in [4.69, 9.17) is 19.3 Å². The van der Waals surface area contributed by atoms with E-state index in [1.807, 2.05) is 13.0 Å². The second-order valence-corrected chi connectivity index (χ2v) is 8.86. The molecule has 0 heterocycles. The van der Waals surface area contributed by atoms with Gasteiger partial charge in [0.25, 0.3) is 5.91 Å². The van der Waals surface area contributed by atoms with Gasteiger partial charge in [0.15, 0.2) is 11.5 Å². The molecule has 0 aliphatic heterocycles. The van der Waals surface area contributed by atoms with Crippen molar-refractivity contribution < 1.29 is 28.9 Å². The number of hydrogen-bond acceptors (Lipinski definition) is 6. The number of aromatic carboxylic acids is 1. The van der Waals surface area contributed by atoms with Crippen LogP contribution in [0, 0.1) is 0 Å². The minimum absolute atomic E-state index is 0.201. The number of carbonyl (C=O) groups is 2. The summed E-state index contributed by atoms with van der Waals surface area (Å²) in [5.74, 6) is 0.103. The number of benzene rings is 3. The molecule has 0 bridgehead atoms. The van der Waals surface area contributed by atoms with Gasteiger partial charge in [-0.1, -0.05) is 28.1 Å². The van der Waals surface area contributed by atoms with Gasteiger partial charge in [0.1, 0.15) is 12.4 Å². The quantitative estimate of drug-likeness (QED) is 0.228. The summed E-state index contributed by atoms with van der Waals surface area (Å²) in [6, 6.07) is 14.9. The molecule has 0 saturated heterocycles. The van der Waals surface area contributed by atoms with E-state index in [1.54, 1.807) is 36.4 Å². The maximum Gasteiger partial charge on any atom is 0.335 e. The first-order chi connectivity index (χ1) is 16.8. The van der Waals surface area contributed by atoms with E-state index in [9.17, 15) is 9.59 Å². The summed E-state index contributed by atoms with van der Waals surface area (Å²) < 4.78 is 18.2. The Labute approximate surface area is 219 Å². The molecule has 0 aliphatic carbocycles. The molecule has 1 amide bonds. The van der Waals surface area contributed by atoms with Crippen LogP contribution in [0.3, 0.4) is 0 Å². The zero-order valence-electron chi connectivity index (χ0n) is 18.9. The summed E-state index contributed by atoms with van der Waals surface area (Å²) in [6.07, 6.45) is 1.47. The molecule has 182 valence electrons. The summed E-state index contributed by atoms with van der Waals surface area (Å²) in [5.41, 5.74) is 4.47. The van der Waals surface area contributed by atoms with Crippen molar-refractivity contribution in [1.29, 1.82) is 0 Å². The van der Waals surface area contributed by atoms with Crippen LogP contribution in [0.5, 0.6) is 17.2 Å². The SMILES string of the molecule is CCOc1ccc(C(=O)N/N=C/c2cc(Br)cc(Br)c2OCc2ccc(C(=O)O)cc2)cc1OC. The maximum atomic E-state index is 12.6. The number of rotatable bonds is 10. The van der Waals surface area contributed by atoms with E-state index >= 15 is 0 Å². The fourth-order valence-electron chi connectivity index (χ4n) is 3.04. The van der Waals surface area contributed by atoms with Crippen molar-refractivity contribution in [3.05, 3.63) is 85.8 Å². The molecule has 3 aromatic rings. The molecule has 0 aromatic heterocycles. The second kappa shape index (κ2) is 12.4. The van der Waals surface area contributed by atoms with Gasteiger partial charge in [-0.15, -0.1) is 0 Å². The van der Waals surface area contributed by atoms with Crippen LogP contribution in [0.25, 0.3) is 0 Å². The van der Waals surface area contributed by atoms with Gasteiger partial charge in [0, 0.05) is 15.6 Å². The Bertz CT molecular complexity index is 1250. The number of amides is 1. The van der Waals surface area contributed by atoms with Crippen molar-refractivity contribution in [3.63, 3.8) is 0 Å². The number of hydrazone groups is 1. The summed E-state index contributed by atoms with van der Waals surface area (Å²) >= 11 is 6.93. The minimum atomic E-state index is -0.989. The number of carboxylic acids is 1. The summed E-state index contributed by atoms with van der Waals surface area (Å²) in [7, 11) is 1.50. The average molecular weight is 606 g/mol. The fourth-order valence-corrected chi connectivity index (χ4v) is 4.41. The molecule has 35 heavy (non-hydrogen) atoms. The lowest BCUT2D eigenvalue weighted by Crippen LogP contribution is -2.17. The molecule has 0 radical (unpaired) electrons. The predicted octanol–water partition coefficient (Wildman–Crippen LogP) is 5.66. The van der Waals surface area contributed by atoms with Crippen molar-refractivity contribution in [3.8, 4) is 17.2 Å². The molecular formula is C25H22Br2N2O6. The topological polar surface area (TPSA) is 106 Å². The Hall–Kier alpha value is -3.37. The smallest absolute Gasteiger partial charge is 0.335 e. The van der Waals surface area contributed by atoms with Crippen molar-refractivity contribution in [1.82, 2.24) is 5.43 Å². The Morgan fingerprint density at radius 1 is 1.00 bits per heavy atom. The predicted molar refractivity (Wildman–Crippen MR) is 139 cm³/mol. The fraction of sp³-hybridized carbons (Fsp3) is 0.160. The van der Waals surface area contributed by atoms with E-state index in [-0.39, 0.29) is 12.2 Å². The maximum absolute atomic E-state index is 12.6. The van der Waals surface area contributed by atoms with Crippen LogP contribution < -0.4 is 19.6 Å². The van der Waals surface area contributed by atoms with E-state index in [0.29, 0.717) is 39.5 Å². The van der Waals surface area contributed by atoms with E-state index in [2.05, 4.69) is 42.4 Å². The molecule has 2 N–H and O–H groups in total. The van der Waals surface area contributed by atoms with Crippen LogP contribution in [0.15, 0.2) is 68.6 Å². The molecule has 0 aliphatic rings. The first kappa shape index (κ1) is 26.2.